The van der Waals surface area contributed by atoms with Gasteiger partial charge >= 0.3 is 12.0 Å². The van der Waals surface area contributed by atoms with Gasteiger partial charge in [-0.1, -0.05) is 13.3 Å². The molecule has 1 aliphatic carbocycles. The first-order valence-electron chi connectivity index (χ1n) is 6.21. The predicted octanol–water partition coefficient (Wildman–Crippen LogP) is 1.73. The molecule has 5 heteroatoms. The molecule has 0 heterocycles. The second-order valence-electron chi connectivity index (χ2n) is 5.07. The third-order valence-corrected chi connectivity index (χ3v) is 3.78. The van der Waals surface area contributed by atoms with Crippen LogP contribution in [0.4, 0.5) is 4.79 Å². The largest absolute Gasteiger partial charge is 0.480 e. The van der Waals surface area contributed by atoms with Gasteiger partial charge in [-0.3, -0.25) is 0 Å². The highest BCUT2D eigenvalue weighted by Gasteiger charge is 2.33. The van der Waals surface area contributed by atoms with Crippen LogP contribution in [-0.4, -0.2) is 28.7 Å². The number of nitrogens with one attached hydrogen (secondary N) is 2. The quantitative estimate of drug-likeness (QED) is 0.687. The number of carbonyl (C=O) groups is 2. The summed E-state index contributed by atoms with van der Waals surface area (Å²) in [5.74, 6) is -0.468. The number of amides is 2. The Morgan fingerprint density at radius 2 is 2.06 bits per heavy atom. The highest BCUT2D eigenvalue weighted by atomic mass is 16.4. The third kappa shape index (κ3) is 3.35. The Bertz CT molecular complexity index is 302. The van der Waals surface area contributed by atoms with E-state index in [2.05, 4.69) is 10.6 Å². The van der Waals surface area contributed by atoms with Crippen molar-refractivity contribution < 1.29 is 14.7 Å². The van der Waals surface area contributed by atoms with Crippen molar-refractivity contribution in [1.29, 1.82) is 0 Å². The zero-order valence-electron chi connectivity index (χ0n) is 10.7. The van der Waals surface area contributed by atoms with Crippen LogP contribution in [0.15, 0.2) is 0 Å². The molecule has 1 rings (SSSR count). The fourth-order valence-electron chi connectivity index (χ4n) is 1.84. The number of aliphatic carboxylic acids is 1. The monoisotopic (exact) mass is 242 g/mol. The highest BCUT2D eigenvalue weighted by molar-refractivity contribution is 5.85. The summed E-state index contributed by atoms with van der Waals surface area (Å²) in [6.07, 6.45) is 3.87. The Hall–Kier alpha value is -1.26. The molecule has 0 spiro atoms. The van der Waals surface area contributed by atoms with E-state index in [1.165, 1.54) is 13.3 Å². The van der Waals surface area contributed by atoms with Crippen molar-refractivity contribution in [2.24, 2.45) is 5.92 Å². The van der Waals surface area contributed by atoms with Crippen molar-refractivity contribution >= 4 is 12.0 Å². The van der Waals surface area contributed by atoms with Crippen molar-refractivity contribution in [3.05, 3.63) is 0 Å². The normalized spacial score (nSPS) is 20.9. The molecule has 0 aromatic carbocycles. The van der Waals surface area contributed by atoms with Crippen molar-refractivity contribution in [1.82, 2.24) is 10.6 Å². The maximum absolute atomic E-state index is 11.7. The standard InChI is InChI=1S/C12H22N2O3/c1-4-12(3,10(15)16)14-11(17)13-8(2)9-6-5-7-9/h8-9H,4-7H2,1-3H3,(H,15,16)(H2,13,14,17). The van der Waals surface area contributed by atoms with Crippen LogP contribution in [0, 0.1) is 5.92 Å². The van der Waals surface area contributed by atoms with Gasteiger partial charge in [-0.05, 0) is 39.0 Å². The summed E-state index contributed by atoms with van der Waals surface area (Å²) in [7, 11) is 0. The Balaban J connectivity index is 2.44. The van der Waals surface area contributed by atoms with E-state index in [4.69, 9.17) is 5.11 Å². The van der Waals surface area contributed by atoms with Gasteiger partial charge in [-0.2, -0.15) is 0 Å². The molecule has 98 valence electrons. The Morgan fingerprint density at radius 1 is 1.47 bits per heavy atom. The summed E-state index contributed by atoms with van der Waals surface area (Å²) in [6.45, 7) is 5.22. The Kier molecular flexibility index (Phi) is 4.37. The second kappa shape index (κ2) is 5.38. The molecule has 0 bridgehead atoms. The van der Waals surface area contributed by atoms with Crippen LogP contribution in [0.25, 0.3) is 0 Å². The first-order valence-corrected chi connectivity index (χ1v) is 6.21. The Morgan fingerprint density at radius 3 is 2.41 bits per heavy atom. The van der Waals surface area contributed by atoms with Gasteiger partial charge in [-0.25, -0.2) is 9.59 Å². The van der Waals surface area contributed by atoms with Crippen molar-refractivity contribution in [3.8, 4) is 0 Å². The number of hydrogen-bond acceptors (Lipinski definition) is 2. The molecule has 2 unspecified atom stereocenters. The van der Waals surface area contributed by atoms with E-state index in [-0.39, 0.29) is 6.04 Å². The molecule has 0 radical (unpaired) electrons. The number of hydrogen-bond donors (Lipinski definition) is 3. The lowest BCUT2D eigenvalue weighted by atomic mass is 9.80. The van der Waals surface area contributed by atoms with E-state index < -0.39 is 17.5 Å². The van der Waals surface area contributed by atoms with Crippen molar-refractivity contribution in [2.75, 3.05) is 0 Å². The lowest BCUT2D eigenvalue weighted by Gasteiger charge is -2.33. The van der Waals surface area contributed by atoms with Crippen LogP contribution in [0.1, 0.15) is 46.5 Å². The summed E-state index contributed by atoms with van der Waals surface area (Å²) in [4.78, 5) is 22.7. The van der Waals surface area contributed by atoms with Gasteiger partial charge in [0, 0.05) is 6.04 Å². The lowest BCUT2D eigenvalue weighted by molar-refractivity contribution is -0.143. The first kappa shape index (κ1) is 13.8. The number of carboxylic acids is 1. The van der Waals surface area contributed by atoms with Crippen molar-refractivity contribution in [3.63, 3.8) is 0 Å². The second-order valence-corrected chi connectivity index (χ2v) is 5.07. The van der Waals surface area contributed by atoms with Crippen molar-refractivity contribution in [2.45, 2.75) is 58.0 Å². The predicted molar refractivity (Wildman–Crippen MR) is 64.8 cm³/mol. The summed E-state index contributed by atoms with van der Waals surface area (Å²) >= 11 is 0. The SMILES string of the molecule is CCC(C)(NC(=O)NC(C)C1CCC1)C(=O)O. The highest BCUT2D eigenvalue weighted by Crippen LogP contribution is 2.29. The molecular formula is C12H22N2O3. The van der Waals surface area contributed by atoms with Gasteiger partial charge in [0.05, 0.1) is 0 Å². The summed E-state index contributed by atoms with van der Waals surface area (Å²) in [5, 5.41) is 14.4. The fourth-order valence-corrected chi connectivity index (χ4v) is 1.84. The third-order valence-electron chi connectivity index (χ3n) is 3.78. The molecular weight excluding hydrogens is 220 g/mol. The van der Waals surface area contributed by atoms with Gasteiger partial charge in [0.1, 0.15) is 5.54 Å². The zero-order chi connectivity index (χ0) is 13.1. The van der Waals surface area contributed by atoms with E-state index in [9.17, 15) is 9.59 Å². The molecule has 0 aromatic rings. The summed E-state index contributed by atoms with van der Waals surface area (Å²) in [5.41, 5.74) is -1.19. The molecule has 0 aromatic heterocycles. The number of carboxylic acid groups (broad SMARTS) is 1. The molecule has 0 aliphatic heterocycles. The smallest absolute Gasteiger partial charge is 0.329 e. The van der Waals surface area contributed by atoms with Gasteiger partial charge in [-0.15, -0.1) is 0 Å². The number of rotatable bonds is 5. The van der Waals surface area contributed by atoms with Crippen LogP contribution in [0.2, 0.25) is 0 Å². The lowest BCUT2D eigenvalue weighted by Crippen LogP contribution is -2.57. The summed E-state index contributed by atoms with van der Waals surface area (Å²) < 4.78 is 0. The van der Waals surface area contributed by atoms with Crippen LogP contribution >= 0.6 is 0 Å². The van der Waals surface area contributed by atoms with Crippen LogP contribution < -0.4 is 10.6 Å². The first-order chi connectivity index (χ1) is 7.89. The van der Waals surface area contributed by atoms with Crippen LogP contribution in [0.5, 0.6) is 0 Å². The Labute approximate surface area is 102 Å². The van der Waals surface area contributed by atoms with Gasteiger partial charge < -0.3 is 15.7 Å². The number of carbonyl (C=O) groups excluding carboxylic acids is 1. The van der Waals surface area contributed by atoms with Crippen LogP contribution in [0.3, 0.4) is 0 Å². The van der Waals surface area contributed by atoms with Crippen LogP contribution in [-0.2, 0) is 4.79 Å². The zero-order valence-corrected chi connectivity index (χ0v) is 10.7. The summed E-state index contributed by atoms with van der Waals surface area (Å²) in [6, 6.07) is -0.283. The van der Waals surface area contributed by atoms with E-state index in [1.807, 2.05) is 6.92 Å². The average molecular weight is 242 g/mol. The van der Waals surface area contributed by atoms with Gasteiger partial charge in [0.25, 0.3) is 0 Å². The minimum absolute atomic E-state index is 0.110. The topological polar surface area (TPSA) is 78.4 Å². The molecule has 1 saturated carbocycles. The van der Waals surface area contributed by atoms with Gasteiger partial charge in [0.2, 0.25) is 0 Å². The molecule has 5 nitrogen and oxygen atoms in total. The van der Waals surface area contributed by atoms with E-state index in [0.717, 1.165) is 12.8 Å². The number of urea groups is 1. The maximum Gasteiger partial charge on any atom is 0.329 e. The fraction of sp³-hybridized carbons (Fsp3) is 0.833. The van der Waals surface area contributed by atoms with Gasteiger partial charge in [0.15, 0.2) is 0 Å². The minimum atomic E-state index is -1.19. The van der Waals surface area contributed by atoms with E-state index in [1.54, 1.807) is 6.92 Å². The molecule has 3 N–H and O–H groups in total. The molecule has 0 saturated heterocycles. The molecule has 1 fully saturated rings. The van der Waals surface area contributed by atoms with E-state index >= 15 is 0 Å². The molecule has 17 heavy (non-hydrogen) atoms. The minimum Gasteiger partial charge on any atom is -0.480 e. The molecule has 1 aliphatic rings. The molecule has 2 amide bonds. The maximum atomic E-state index is 11.7. The van der Waals surface area contributed by atoms with E-state index in [0.29, 0.717) is 12.3 Å². The molecule has 2 atom stereocenters. The average Bonchev–Trinajstić information content (AvgIpc) is 2.13.